The molecule has 2 aromatic heterocycles. The molecule has 0 amide bonds. The summed E-state index contributed by atoms with van der Waals surface area (Å²) in [6.07, 6.45) is 3.74. The van der Waals surface area contributed by atoms with Gasteiger partial charge in [0, 0.05) is 40.6 Å². The van der Waals surface area contributed by atoms with E-state index in [-0.39, 0.29) is 0 Å². The molecule has 0 bridgehead atoms. The predicted molar refractivity (Wildman–Crippen MR) is 81.3 cm³/mol. The van der Waals surface area contributed by atoms with Crippen molar-refractivity contribution >= 4 is 22.1 Å². The Kier molecular flexibility index (Phi) is 3.58. The molecule has 0 saturated heterocycles. The highest BCUT2D eigenvalue weighted by Gasteiger charge is 1.98. The first kappa shape index (κ1) is 12.3. The summed E-state index contributed by atoms with van der Waals surface area (Å²) in [5, 5.41) is 5.94. The van der Waals surface area contributed by atoms with Crippen LogP contribution < -0.4 is 5.32 Å². The number of aryl methyl sites for hydroxylation is 1. The van der Waals surface area contributed by atoms with Gasteiger partial charge in [-0.05, 0) is 42.1 Å². The van der Waals surface area contributed by atoms with E-state index in [0.717, 1.165) is 13.1 Å². The quantitative estimate of drug-likeness (QED) is 0.776. The van der Waals surface area contributed by atoms with E-state index in [1.807, 2.05) is 23.7 Å². The number of pyridine rings is 1. The zero-order valence-electron chi connectivity index (χ0n) is 10.9. The van der Waals surface area contributed by atoms with Gasteiger partial charge in [-0.2, -0.15) is 0 Å². The molecular weight excluding hydrogens is 252 g/mol. The van der Waals surface area contributed by atoms with Gasteiger partial charge in [0.25, 0.3) is 0 Å². The third-order valence-electron chi connectivity index (χ3n) is 3.13. The topological polar surface area (TPSA) is 24.9 Å². The average Bonchev–Trinajstić information content (AvgIpc) is 2.84. The van der Waals surface area contributed by atoms with Gasteiger partial charge in [-0.1, -0.05) is 12.1 Å². The summed E-state index contributed by atoms with van der Waals surface area (Å²) in [6, 6.07) is 12.9. The second kappa shape index (κ2) is 5.51. The summed E-state index contributed by atoms with van der Waals surface area (Å²) < 4.78 is 0. The zero-order valence-corrected chi connectivity index (χ0v) is 11.7. The van der Waals surface area contributed by atoms with E-state index in [0.29, 0.717) is 0 Å². The van der Waals surface area contributed by atoms with Gasteiger partial charge in [-0.3, -0.25) is 4.98 Å². The molecule has 2 nitrogen and oxygen atoms in total. The molecule has 0 fully saturated rings. The van der Waals surface area contributed by atoms with Crippen molar-refractivity contribution in [2.75, 3.05) is 0 Å². The molecule has 0 saturated carbocycles. The molecule has 19 heavy (non-hydrogen) atoms. The number of thiophene rings is 1. The fraction of sp³-hybridized carbons (Fsp3) is 0.188. The third kappa shape index (κ3) is 3.00. The lowest BCUT2D eigenvalue weighted by Crippen LogP contribution is -2.11. The molecule has 3 aromatic rings. The highest BCUT2D eigenvalue weighted by atomic mass is 32.1. The van der Waals surface area contributed by atoms with Crippen molar-refractivity contribution in [3.05, 3.63) is 64.1 Å². The van der Waals surface area contributed by atoms with Crippen LogP contribution in [0, 0.1) is 6.92 Å². The van der Waals surface area contributed by atoms with Gasteiger partial charge in [0.1, 0.15) is 0 Å². The molecule has 1 N–H and O–H groups in total. The van der Waals surface area contributed by atoms with Crippen LogP contribution in [0.5, 0.6) is 0 Å². The molecule has 0 aliphatic carbocycles. The summed E-state index contributed by atoms with van der Waals surface area (Å²) in [7, 11) is 0. The molecule has 0 atom stereocenters. The number of benzene rings is 1. The van der Waals surface area contributed by atoms with Gasteiger partial charge in [0.15, 0.2) is 0 Å². The zero-order chi connectivity index (χ0) is 13.1. The lowest BCUT2D eigenvalue weighted by atomic mass is 10.1. The van der Waals surface area contributed by atoms with E-state index in [2.05, 4.69) is 53.6 Å². The third-order valence-corrected chi connectivity index (χ3v) is 4.13. The molecule has 3 rings (SSSR count). The molecule has 1 aromatic carbocycles. The summed E-state index contributed by atoms with van der Waals surface area (Å²) in [5.74, 6) is 0. The summed E-state index contributed by atoms with van der Waals surface area (Å²) in [4.78, 5) is 6.89. The van der Waals surface area contributed by atoms with Gasteiger partial charge >= 0.3 is 0 Å². The number of nitrogens with zero attached hydrogens (tertiary/aromatic N) is 1. The van der Waals surface area contributed by atoms with Gasteiger partial charge in [-0.15, -0.1) is 11.3 Å². The van der Waals surface area contributed by atoms with Crippen LogP contribution in [0.25, 0.3) is 10.8 Å². The first-order valence-electron chi connectivity index (χ1n) is 6.40. The van der Waals surface area contributed by atoms with Crippen LogP contribution in [0.3, 0.4) is 0 Å². The summed E-state index contributed by atoms with van der Waals surface area (Å²) in [5.41, 5.74) is 1.31. The molecule has 96 valence electrons. The Morgan fingerprint density at radius 2 is 2.00 bits per heavy atom. The standard InChI is InChI=1S/C16H16N2S/c1-12-2-5-16(19-12)11-18-9-13-3-4-15-10-17-7-6-14(15)8-13/h2-8,10,18H,9,11H2,1H3. The Morgan fingerprint density at radius 3 is 2.84 bits per heavy atom. The Bertz CT molecular complexity index is 688. The monoisotopic (exact) mass is 268 g/mol. The minimum Gasteiger partial charge on any atom is -0.308 e. The van der Waals surface area contributed by atoms with Crippen molar-refractivity contribution in [3.63, 3.8) is 0 Å². The maximum atomic E-state index is 4.13. The van der Waals surface area contributed by atoms with Crippen molar-refractivity contribution in [2.45, 2.75) is 20.0 Å². The predicted octanol–water partition coefficient (Wildman–Crippen LogP) is 3.89. The maximum absolute atomic E-state index is 4.13. The van der Waals surface area contributed by atoms with E-state index in [1.54, 1.807) is 0 Å². The number of nitrogens with one attached hydrogen (secondary N) is 1. The normalized spacial score (nSPS) is 11.0. The molecule has 2 heterocycles. The van der Waals surface area contributed by atoms with Crippen LogP contribution in [0.4, 0.5) is 0 Å². The van der Waals surface area contributed by atoms with Gasteiger partial charge < -0.3 is 5.32 Å². The number of aromatic nitrogens is 1. The molecule has 3 heteroatoms. The molecule has 0 aliphatic heterocycles. The van der Waals surface area contributed by atoms with Crippen LogP contribution in [0.1, 0.15) is 15.3 Å². The minimum absolute atomic E-state index is 0.898. The van der Waals surface area contributed by atoms with Crippen molar-refractivity contribution in [1.82, 2.24) is 10.3 Å². The van der Waals surface area contributed by atoms with Crippen molar-refractivity contribution in [2.24, 2.45) is 0 Å². The van der Waals surface area contributed by atoms with E-state index < -0.39 is 0 Å². The SMILES string of the molecule is Cc1ccc(CNCc2ccc3cnccc3c2)s1. The molecule has 0 radical (unpaired) electrons. The Morgan fingerprint density at radius 1 is 1.05 bits per heavy atom. The summed E-state index contributed by atoms with van der Waals surface area (Å²) in [6.45, 7) is 3.98. The molecule has 0 unspecified atom stereocenters. The van der Waals surface area contributed by atoms with Crippen LogP contribution in [0.2, 0.25) is 0 Å². The van der Waals surface area contributed by atoms with E-state index in [9.17, 15) is 0 Å². The van der Waals surface area contributed by atoms with Gasteiger partial charge in [0.05, 0.1) is 0 Å². The first-order valence-corrected chi connectivity index (χ1v) is 7.21. The Hall–Kier alpha value is -1.71. The smallest absolute Gasteiger partial charge is 0.0346 e. The van der Waals surface area contributed by atoms with Crippen LogP contribution in [-0.2, 0) is 13.1 Å². The fourth-order valence-electron chi connectivity index (χ4n) is 2.15. The fourth-order valence-corrected chi connectivity index (χ4v) is 3.01. The average molecular weight is 268 g/mol. The lowest BCUT2D eigenvalue weighted by Gasteiger charge is -2.05. The maximum Gasteiger partial charge on any atom is 0.0346 e. The molecular formula is C16H16N2S. The largest absolute Gasteiger partial charge is 0.308 e. The Labute approximate surface area is 117 Å². The van der Waals surface area contributed by atoms with Crippen LogP contribution in [0.15, 0.2) is 48.8 Å². The first-order chi connectivity index (χ1) is 9.31. The van der Waals surface area contributed by atoms with Crippen LogP contribution >= 0.6 is 11.3 Å². The highest BCUT2D eigenvalue weighted by molar-refractivity contribution is 7.11. The van der Waals surface area contributed by atoms with Crippen molar-refractivity contribution in [1.29, 1.82) is 0 Å². The number of rotatable bonds is 4. The van der Waals surface area contributed by atoms with Crippen LogP contribution in [-0.4, -0.2) is 4.98 Å². The second-order valence-corrected chi connectivity index (χ2v) is 6.05. The van der Waals surface area contributed by atoms with E-state index >= 15 is 0 Å². The number of hydrogen-bond acceptors (Lipinski definition) is 3. The second-order valence-electron chi connectivity index (χ2n) is 4.67. The number of hydrogen-bond donors (Lipinski definition) is 1. The van der Waals surface area contributed by atoms with Gasteiger partial charge in [0.2, 0.25) is 0 Å². The summed E-state index contributed by atoms with van der Waals surface area (Å²) >= 11 is 1.85. The Balaban J connectivity index is 1.65. The van der Waals surface area contributed by atoms with Crippen molar-refractivity contribution < 1.29 is 0 Å². The van der Waals surface area contributed by atoms with E-state index in [1.165, 1.54) is 26.1 Å². The highest BCUT2D eigenvalue weighted by Crippen LogP contribution is 2.16. The molecule has 0 aliphatic rings. The minimum atomic E-state index is 0.898. The molecule has 0 spiro atoms. The lowest BCUT2D eigenvalue weighted by molar-refractivity contribution is 0.701. The number of fused-ring (bicyclic) bond motifs is 1. The van der Waals surface area contributed by atoms with Crippen molar-refractivity contribution in [3.8, 4) is 0 Å². The van der Waals surface area contributed by atoms with Gasteiger partial charge in [-0.25, -0.2) is 0 Å². The van der Waals surface area contributed by atoms with E-state index in [4.69, 9.17) is 0 Å².